The van der Waals surface area contributed by atoms with Crippen LogP contribution in [-0.4, -0.2) is 35.9 Å². The third-order valence-corrected chi connectivity index (χ3v) is 71.5. The van der Waals surface area contributed by atoms with Crippen molar-refractivity contribution in [2.24, 2.45) is 0 Å². The summed E-state index contributed by atoms with van der Waals surface area (Å²) >= 11 is 0. The van der Waals surface area contributed by atoms with Crippen LogP contribution in [0.4, 0.5) is 0 Å². The van der Waals surface area contributed by atoms with Crippen molar-refractivity contribution in [1.29, 1.82) is 0 Å². The van der Waals surface area contributed by atoms with Crippen LogP contribution < -0.4 is 0 Å². The van der Waals surface area contributed by atoms with E-state index in [0.29, 0.717) is 0 Å². The lowest BCUT2D eigenvalue weighted by molar-refractivity contribution is 0.381. The minimum atomic E-state index is -1.31. The van der Waals surface area contributed by atoms with Crippen LogP contribution in [0.25, 0.3) is 0 Å². The number of hydrogen-bond donors (Lipinski definition) is 0. The van der Waals surface area contributed by atoms with Crippen LogP contribution in [0.3, 0.4) is 0 Å². The Morgan fingerprint density at radius 3 is 1.50 bits per heavy atom. The molecule has 0 saturated carbocycles. The van der Waals surface area contributed by atoms with E-state index in [1.165, 1.54) is 0 Å². The fourth-order valence-corrected chi connectivity index (χ4v) is 69.5. The summed E-state index contributed by atoms with van der Waals surface area (Å²) < 4.78 is 6.33. The van der Waals surface area contributed by atoms with Gasteiger partial charge in [-0.25, -0.2) is 0 Å². The van der Waals surface area contributed by atoms with E-state index < -0.39 is 29.6 Å². The topological polar surface area (TPSA) is 9.23 Å². The van der Waals surface area contributed by atoms with Gasteiger partial charge in [0.2, 0.25) is 0 Å². The van der Waals surface area contributed by atoms with Gasteiger partial charge in [-0.3, -0.25) is 0 Å². The fourth-order valence-electron chi connectivity index (χ4n) is 2.32. The van der Waals surface area contributed by atoms with Gasteiger partial charge in [0.1, 0.15) is 0 Å². The Balaban J connectivity index is 3.20. The molecule has 1 heterocycles. The van der Waals surface area contributed by atoms with Crippen molar-refractivity contribution in [3.8, 4) is 0 Å². The smallest absolute Gasteiger partial charge is 0.170 e. The van der Waals surface area contributed by atoms with Gasteiger partial charge < -0.3 is 4.43 Å². The average molecular weight is 263 g/mol. The van der Waals surface area contributed by atoms with E-state index >= 15 is 0 Å². The Bertz CT molecular complexity index is 219. The molecule has 0 aromatic carbocycles. The van der Waals surface area contributed by atoms with Gasteiger partial charge in [-0.2, -0.15) is 0 Å². The maximum absolute atomic E-state index is 6.33. The first-order valence-electron chi connectivity index (χ1n) is 5.60. The predicted molar refractivity (Wildman–Crippen MR) is 75.9 cm³/mol. The first kappa shape index (κ1) is 12.9. The van der Waals surface area contributed by atoms with Crippen molar-refractivity contribution < 1.29 is 4.43 Å². The molecule has 0 amide bonds. The highest BCUT2D eigenvalue weighted by Gasteiger charge is 2.63. The van der Waals surface area contributed by atoms with Crippen LogP contribution in [0.1, 0.15) is 0 Å². The van der Waals surface area contributed by atoms with Gasteiger partial charge in [-0.1, -0.05) is 39.3 Å². The Morgan fingerprint density at radius 1 is 0.714 bits per heavy atom. The van der Waals surface area contributed by atoms with E-state index in [1.807, 2.05) is 0 Å². The summed E-state index contributed by atoms with van der Waals surface area (Å²) in [6.45, 7) is 20.7. The molecule has 0 N–H and O–H groups in total. The van der Waals surface area contributed by atoms with Crippen LogP contribution in [0.5, 0.6) is 0 Å². The van der Waals surface area contributed by atoms with Gasteiger partial charge in [0.25, 0.3) is 0 Å². The maximum atomic E-state index is 6.33. The molecule has 5 heteroatoms. The van der Waals surface area contributed by atoms with Crippen LogP contribution in [0.2, 0.25) is 52.4 Å². The van der Waals surface area contributed by atoms with Crippen LogP contribution in [0, 0.1) is 0 Å². The fraction of sp³-hybridized carbons (Fsp3) is 1.00. The summed E-state index contributed by atoms with van der Waals surface area (Å²) in [5, 5.41) is 0. The molecule has 1 nitrogen and oxygen atoms in total. The number of hydrogen-bond acceptors (Lipinski definition) is 1. The highest BCUT2D eigenvalue weighted by Crippen LogP contribution is 2.39. The molecule has 0 spiro atoms. The molecule has 1 aliphatic heterocycles. The number of rotatable bonds is 0. The zero-order valence-electron chi connectivity index (χ0n) is 11.1. The summed E-state index contributed by atoms with van der Waals surface area (Å²) in [6, 6.07) is 0. The quantitative estimate of drug-likeness (QED) is 0.610. The van der Waals surface area contributed by atoms with Crippen molar-refractivity contribution in [2.75, 3.05) is 6.23 Å². The first-order valence-corrected chi connectivity index (χ1v) is 20.7. The molecule has 1 saturated heterocycles. The molecule has 14 heavy (non-hydrogen) atoms. The zero-order chi connectivity index (χ0) is 11.4. The van der Waals surface area contributed by atoms with Crippen molar-refractivity contribution in [2.45, 2.75) is 52.4 Å². The predicted octanol–water partition coefficient (Wildman–Crippen LogP) is 3.12. The minimum absolute atomic E-state index is 0.967. The second kappa shape index (κ2) is 3.16. The van der Waals surface area contributed by atoms with Crippen molar-refractivity contribution in [3.63, 3.8) is 0 Å². The lowest BCUT2D eigenvalue weighted by Gasteiger charge is -2.59. The van der Waals surface area contributed by atoms with Gasteiger partial charge in [0.05, 0.1) is 14.7 Å². The van der Waals surface area contributed by atoms with E-state index in [0.717, 1.165) is 6.23 Å². The maximum Gasteiger partial charge on any atom is 0.170 e. The average Bonchev–Trinajstić information content (AvgIpc) is 1.98. The Hall–Kier alpha value is 0.828. The summed E-state index contributed by atoms with van der Waals surface area (Å²) in [4.78, 5) is 0. The van der Waals surface area contributed by atoms with Crippen LogP contribution >= 0.6 is 0 Å². The largest absolute Gasteiger partial charge is 0.424 e. The lowest BCUT2D eigenvalue weighted by Crippen LogP contribution is -2.85. The van der Waals surface area contributed by atoms with Gasteiger partial charge in [0, 0.05) is 13.3 Å². The molecule has 0 aromatic heterocycles. The standard InChI is InChI=1S/C9H26OSi4/c1-11(2)9-10-12(3,4)14(7,8)13(11,5)6/h9H2,1-8H3. The Labute approximate surface area is 92.8 Å². The highest BCUT2D eigenvalue weighted by molar-refractivity contribution is 7.83. The molecule has 0 unspecified atom stereocenters. The Morgan fingerprint density at radius 2 is 1.14 bits per heavy atom. The molecule has 0 radical (unpaired) electrons. The van der Waals surface area contributed by atoms with Crippen molar-refractivity contribution >= 4 is 29.6 Å². The molecule has 1 fully saturated rings. The molecule has 1 rings (SSSR count). The first-order chi connectivity index (χ1) is 5.96. The molecule has 0 atom stereocenters. The molecule has 0 aromatic rings. The summed E-state index contributed by atoms with van der Waals surface area (Å²) in [6.07, 6.45) is 1.15. The molecule has 0 aliphatic carbocycles. The van der Waals surface area contributed by atoms with Crippen LogP contribution in [-0.2, 0) is 4.43 Å². The molecule has 84 valence electrons. The van der Waals surface area contributed by atoms with Gasteiger partial charge in [0.15, 0.2) is 7.83 Å². The SMILES string of the molecule is C[Si]1(C)CO[Si](C)(C)[Si](C)(C)[Si]1(C)C. The van der Waals surface area contributed by atoms with Crippen LogP contribution in [0.15, 0.2) is 0 Å². The minimum Gasteiger partial charge on any atom is -0.424 e. The van der Waals surface area contributed by atoms with E-state index in [4.69, 9.17) is 4.43 Å². The Kier molecular flexibility index (Phi) is 2.91. The molecular weight excluding hydrogens is 236 g/mol. The lowest BCUT2D eigenvalue weighted by atomic mass is 11.7. The van der Waals surface area contributed by atoms with Crippen molar-refractivity contribution in [3.05, 3.63) is 0 Å². The van der Waals surface area contributed by atoms with E-state index in [1.54, 1.807) is 0 Å². The van der Waals surface area contributed by atoms with Gasteiger partial charge >= 0.3 is 0 Å². The molecule has 1 aliphatic rings. The third-order valence-electron chi connectivity index (χ3n) is 5.55. The van der Waals surface area contributed by atoms with Crippen molar-refractivity contribution in [1.82, 2.24) is 0 Å². The second-order valence-corrected chi connectivity index (χ2v) is 46.5. The molecule has 0 bridgehead atoms. The van der Waals surface area contributed by atoms with E-state index in [9.17, 15) is 0 Å². The van der Waals surface area contributed by atoms with E-state index in [2.05, 4.69) is 52.4 Å². The molecular formula is C9H26OSi4. The zero-order valence-corrected chi connectivity index (χ0v) is 15.1. The summed E-state index contributed by atoms with van der Waals surface area (Å²) in [5.74, 6) is 0. The summed E-state index contributed by atoms with van der Waals surface area (Å²) in [7, 11) is -4.37. The van der Waals surface area contributed by atoms with Gasteiger partial charge in [-0.15, -0.1) is 0 Å². The normalized spacial score (nSPS) is 32.6. The van der Waals surface area contributed by atoms with Gasteiger partial charge in [-0.05, 0) is 13.1 Å². The third kappa shape index (κ3) is 1.48. The monoisotopic (exact) mass is 262 g/mol. The summed E-state index contributed by atoms with van der Waals surface area (Å²) in [5.41, 5.74) is 0. The second-order valence-electron chi connectivity index (χ2n) is 6.93. The highest BCUT2D eigenvalue weighted by atomic mass is 29.8. The van der Waals surface area contributed by atoms with E-state index in [-0.39, 0.29) is 0 Å².